The summed E-state index contributed by atoms with van der Waals surface area (Å²) >= 11 is 1.17. The summed E-state index contributed by atoms with van der Waals surface area (Å²) in [5.41, 5.74) is 1.72. The number of aryl methyl sites for hydroxylation is 1. The van der Waals surface area contributed by atoms with Crippen LogP contribution in [0.2, 0.25) is 0 Å². The van der Waals surface area contributed by atoms with Crippen LogP contribution < -0.4 is 5.32 Å². The van der Waals surface area contributed by atoms with Crippen molar-refractivity contribution in [3.8, 4) is 10.4 Å². The highest BCUT2D eigenvalue weighted by Gasteiger charge is 2.23. The number of anilines is 1. The summed E-state index contributed by atoms with van der Waals surface area (Å²) in [5, 5.41) is 2.62. The highest BCUT2D eigenvalue weighted by molar-refractivity contribution is 7.89. The number of carbonyl (C=O) groups excluding carboxylic acids is 2. The lowest BCUT2D eigenvalue weighted by Crippen LogP contribution is -2.30. The number of nitrogens with one attached hydrogen (secondary N) is 1. The second-order valence-corrected chi connectivity index (χ2v) is 10.7. The molecule has 2 aromatic carbocycles. The summed E-state index contributed by atoms with van der Waals surface area (Å²) in [5.74, 6) is -1.62. The van der Waals surface area contributed by atoms with Crippen LogP contribution in [-0.2, 0) is 19.6 Å². The number of ether oxygens (including phenoxy) is 1. The Bertz CT molecular complexity index is 1280. The predicted molar refractivity (Wildman–Crippen MR) is 125 cm³/mol. The lowest BCUT2D eigenvalue weighted by molar-refractivity contribution is -0.123. The minimum absolute atomic E-state index is 0.0324. The van der Waals surface area contributed by atoms with E-state index in [1.807, 2.05) is 0 Å². The van der Waals surface area contributed by atoms with E-state index in [-0.39, 0.29) is 10.7 Å². The molecule has 174 valence electrons. The Labute approximate surface area is 195 Å². The van der Waals surface area contributed by atoms with Crippen molar-refractivity contribution >= 4 is 38.9 Å². The van der Waals surface area contributed by atoms with Crippen LogP contribution in [-0.4, -0.2) is 44.8 Å². The Morgan fingerprint density at radius 2 is 1.73 bits per heavy atom. The van der Waals surface area contributed by atoms with E-state index in [2.05, 4.69) is 5.32 Å². The molecule has 33 heavy (non-hydrogen) atoms. The van der Waals surface area contributed by atoms with Crippen molar-refractivity contribution in [1.82, 2.24) is 4.31 Å². The van der Waals surface area contributed by atoms with Gasteiger partial charge in [-0.25, -0.2) is 21.9 Å². The van der Waals surface area contributed by atoms with Crippen LogP contribution in [0.5, 0.6) is 0 Å². The normalized spacial score (nSPS) is 12.4. The highest BCUT2D eigenvalue weighted by atomic mass is 32.2. The first-order valence-corrected chi connectivity index (χ1v) is 12.2. The minimum atomic E-state index is -3.67. The maximum atomic E-state index is 13.1. The van der Waals surface area contributed by atoms with Gasteiger partial charge in [0, 0.05) is 24.7 Å². The number of thiophene rings is 1. The summed E-state index contributed by atoms with van der Waals surface area (Å²) < 4.78 is 44.2. The topological polar surface area (TPSA) is 92.8 Å². The number of rotatable bonds is 7. The highest BCUT2D eigenvalue weighted by Crippen LogP contribution is 2.29. The fourth-order valence-electron chi connectivity index (χ4n) is 2.83. The molecular formula is C23H23FN2O5S2. The van der Waals surface area contributed by atoms with Crippen molar-refractivity contribution in [1.29, 1.82) is 0 Å². The molecule has 1 aromatic heterocycles. The monoisotopic (exact) mass is 490 g/mol. The lowest BCUT2D eigenvalue weighted by atomic mass is 10.2. The molecule has 1 atom stereocenters. The molecule has 0 aliphatic carbocycles. The minimum Gasteiger partial charge on any atom is -0.448 e. The number of amides is 1. The largest absolute Gasteiger partial charge is 0.448 e. The number of hydrogen-bond acceptors (Lipinski definition) is 6. The molecule has 0 radical (unpaired) electrons. The number of benzene rings is 2. The Kier molecular flexibility index (Phi) is 7.31. The lowest BCUT2D eigenvalue weighted by Gasteiger charge is -2.16. The molecule has 0 saturated carbocycles. The fourth-order valence-corrected chi connectivity index (χ4v) is 4.65. The van der Waals surface area contributed by atoms with Gasteiger partial charge in [0.05, 0.1) is 4.90 Å². The average molecular weight is 491 g/mol. The van der Waals surface area contributed by atoms with Gasteiger partial charge in [0.15, 0.2) is 6.10 Å². The van der Waals surface area contributed by atoms with E-state index >= 15 is 0 Å². The summed E-state index contributed by atoms with van der Waals surface area (Å²) in [6, 6.07) is 13.6. The molecule has 7 nitrogen and oxygen atoms in total. The van der Waals surface area contributed by atoms with Gasteiger partial charge < -0.3 is 10.1 Å². The summed E-state index contributed by atoms with van der Waals surface area (Å²) in [7, 11) is -0.838. The van der Waals surface area contributed by atoms with Crippen molar-refractivity contribution in [2.24, 2.45) is 0 Å². The Morgan fingerprint density at radius 1 is 1.06 bits per heavy atom. The maximum absolute atomic E-state index is 13.1. The standard InChI is InChI=1S/C23H23FN2O5S2/c1-14-5-10-18(33(29,30)26(3)4)13-19(14)25-22(27)15(2)31-23(28)21-12-11-20(32-21)16-6-8-17(24)9-7-16/h5-13,15H,1-4H3,(H,25,27). The van der Waals surface area contributed by atoms with Gasteiger partial charge in [-0.15, -0.1) is 11.3 Å². The first kappa shape index (κ1) is 24.6. The van der Waals surface area contributed by atoms with Crippen molar-refractivity contribution in [2.45, 2.75) is 24.8 Å². The second-order valence-electron chi connectivity index (χ2n) is 7.47. The van der Waals surface area contributed by atoms with Crippen LogP contribution in [0.25, 0.3) is 10.4 Å². The van der Waals surface area contributed by atoms with Gasteiger partial charge in [0.1, 0.15) is 10.7 Å². The third-order valence-electron chi connectivity index (χ3n) is 4.83. The molecule has 1 unspecified atom stereocenters. The average Bonchev–Trinajstić information content (AvgIpc) is 3.26. The molecule has 0 fully saturated rings. The maximum Gasteiger partial charge on any atom is 0.349 e. The molecule has 3 rings (SSSR count). The van der Waals surface area contributed by atoms with Gasteiger partial charge in [0.2, 0.25) is 10.0 Å². The molecular weight excluding hydrogens is 467 g/mol. The molecule has 1 amide bonds. The molecule has 3 aromatic rings. The van der Waals surface area contributed by atoms with E-state index < -0.39 is 28.0 Å². The number of sulfonamides is 1. The zero-order valence-electron chi connectivity index (χ0n) is 18.5. The van der Waals surface area contributed by atoms with Crippen molar-refractivity contribution < 1.29 is 27.1 Å². The fraction of sp³-hybridized carbons (Fsp3) is 0.217. The molecule has 0 aliphatic rings. The van der Waals surface area contributed by atoms with Crippen LogP contribution in [0.3, 0.4) is 0 Å². The van der Waals surface area contributed by atoms with Crippen LogP contribution in [0.15, 0.2) is 59.5 Å². The van der Waals surface area contributed by atoms with E-state index in [1.54, 1.807) is 37.3 Å². The van der Waals surface area contributed by atoms with Gasteiger partial charge in [0.25, 0.3) is 5.91 Å². The third kappa shape index (κ3) is 5.65. The van der Waals surface area contributed by atoms with E-state index in [0.717, 1.165) is 14.7 Å². The number of hydrogen-bond donors (Lipinski definition) is 1. The van der Waals surface area contributed by atoms with Crippen LogP contribution >= 0.6 is 11.3 Å². The van der Waals surface area contributed by atoms with Gasteiger partial charge in [-0.05, 0) is 61.4 Å². The summed E-state index contributed by atoms with van der Waals surface area (Å²) in [6.45, 7) is 3.15. The quantitative estimate of drug-likeness (QED) is 0.499. The molecule has 0 spiro atoms. The van der Waals surface area contributed by atoms with E-state index in [9.17, 15) is 22.4 Å². The number of carbonyl (C=O) groups is 2. The number of esters is 1. The smallest absolute Gasteiger partial charge is 0.349 e. The van der Waals surface area contributed by atoms with E-state index in [1.165, 1.54) is 56.6 Å². The van der Waals surface area contributed by atoms with Gasteiger partial charge >= 0.3 is 5.97 Å². The SMILES string of the molecule is Cc1ccc(S(=O)(=O)N(C)C)cc1NC(=O)C(C)OC(=O)c1ccc(-c2ccc(F)cc2)s1. The summed E-state index contributed by atoms with van der Waals surface area (Å²) in [4.78, 5) is 26.2. The second kappa shape index (κ2) is 9.82. The zero-order chi connectivity index (χ0) is 24.3. The van der Waals surface area contributed by atoms with Gasteiger partial charge in [-0.3, -0.25) is 4.79 Å². The molecule has 0 saturated heterocycles. The van der Waals surface area contributed by atoms with Gasteiger partial charge in [-0.2, -0.15) is 0 Å². The Morgan fingerprint density at radius 3 is 2.36 bits per heavy atom. The van der Waals surface area contributed by atoms with Gasteiger partial charge in [-0.1, -0.05) is 18.2 Å². The molecule has 10 heteroatoms. The zero-order valence-corrected chi connectivity index (χ0v) is 20.1. The molecule has 1 heterocycles. The Hall–Kier alpha value is -3.08. The van der Waals surface area contributed by atoms with Crippen LogP contribution in [0.4, 0.5) is 10.1 Å². The third-order valence-corrected chi connectivity index (χ3v) is 7.76. The first-order chi connectivity index (χ1) is 15.5. The molecule has 1 N–H and O–H groups in total. The first-order valence-electron chi connectivity index (χ1n) is 9.90. The molecule has 0 bridgehead atoms. The molecule has 0 aliphatic heterocycles. The van der Waals surface area contributed by atoms with Crippen molar-refractivity contribution in [3.63, 3.8) is 0 Å². The van der Waals surface area contributed by atoms with Crippen molar-refractivity contribution in [3.05, 3.63) is 70.9 Å². The summed E-state index contributed by atoms with van der Waals surface area (Å²) in [6.07, 6.45) is -1.12. The number of halogens is 1. The van der Waals surface area contributed by atoms with Crippen LogP contribution in [0, 0.1) is 12.7 Å². The van der Waals surface area contributed by atoms with E-state index in [0.29, 0.717) is 16.1 Å². The van der Waals surface area contributed by atoms with Crippen molar-refractivity contribution in [2.75, 3.05) is 19.4 Å². The predicted octanol–water partition coefficient (Wildman–Crippen LogP) is 4.30. The number of nitrogens with zero attached hydrogens (tertiary/aromatic N) is 1. The van der Waals surface area contributed by atoms with Crippen LogP contribution in [0.1, 0.15) is 22.2 Å². The van der Waals surface area contributed by atoms with E-state index in [4.69, 9.17) is 4.74 Å². The Balaban J connectivity index is 1.69.